The van der Waals surface area contributed by atoms with E-state index in [1.165, 1.54) is 26.5 Å². The van der Waals surface area contributed by atoms with Crippen molar-refractivity contribution in [1.29, 1.82) is 0 Å². The molecule has 1 N–H and O–H groups in total. The molecule has 0 saturated carbocycles. The molecular weight excluding hydrogens is 254 g/mol. The Labute approximate surface area is 123 Å². The first-order valence-electron chi connectivity index (χ1n) is 7.52. The van der Waals surface area contributed by atoms with Crippen molar-refractivity contribution in [3.63, 3.8) is 0 Å². The standard InChI is InChI=1S/C15H31N3O2/c1-12(10-15(2,16-3)14(19)20-6)18(5)13-8-7-9-17(4)11-13/h12-13,16H,7-11H2,1-6H3. The SMILES string of the molecule is CNC(C)(CC(C)N(C)C1CCCN(C)C1)C(=O)OC. The topological polar surface area (TPSA) is 44.8 Å². The van der Waals surface area contributed by atoms with Gasteiger partial charge in [0.25, 0.3) is 0 Å². The Morgan fingerprint density at radius 2 is 2.25 bits per heavy atom. The summed E-state index contributed by atoms with van der Waals surface area (Å²) >= 11 is 0. The predicted molar refractivity (Wildman–Crippen MR) is 81.8 cm³/mol. The van der Waals surface area contributed by atoms with Gasteiger partial charge in [0, 0.05) is 18.6 Å². The van der Waals surface area contributed by atoms with Crippen molar-refractivity contribution in [2.24, 2.45) is 0 Å². The lowest BCUT2D eigenvalue weighted by atomic mass is 9.92. The Hall–Kier alpha value is -0.650. The van der Waals surface area contributed by atoms with Crippen LogP contribution in [0.4, 0.5) is 0 Å². The van der Waals surface area contributed by atoms with Gasteiger partial charge in [-0.3, -0.25) is 9.69 Å². The number of rotatable bonds is 6. The summed E-state index contributed by atoms with van der Waals surface area (Å²) in [6.07, 6.45) is 3.23. The van der Waals surface area contributed by atoms with Crippen LogP contribution in [0.1, 0.15) is 33.1 Å². The van der Waals surface area contributed by atoms with E-state index in [-0.39, 0.29) is 5.97 Å². The summed E-state index contributed by atoms with van der Waals surface area (Å²) in [7, 11) is 7.61. The monoisotopic (exact) mass is 285 g/mol. The van der Waals surface area contributed by atoms with E-state index in [0.717, 1.165) is 13.0 Å². The van der Waals surface area contributed by atoms with Gasteiger partial charge >= 0.3 is 5.97 Å². The summed E-state index contributed by atoms with van der Waals surface area (Å²) in [4.78, 5) is 16.7. The molecule has 5 nitrogen and oxygen atoms in total. The second-order valence-corrected chi connectivity index (χ2v) is 6.35. The van der Waals surface area contributed by atoms with Crippen LogP contribution in [0.15, 0.2) is 0 Å². The number of carbonyl (C=O) groups excluding carboxylic acids is 1. The number of carbonyl (C=O) groups is 1. The largest absolute Gasteiger partial charge is 0.468 e. The van der Waals surface area contributed by atoms with Crippen LogP contribution in [0.3, 0.4) is 0 Å². The zero-order chi connectivity index (χ0) is 15.3. The number of nitrogens with zero attached hydrogens (tertiary/aromatic N) is 2. The molecule has 0 aromatic carbocycles. The maximum absolute atomic E-state index is 11.9. The second kappa shape index (κ2) is 7.38. The minimum atomic E-state index is -0.622. The molecule has 0 amide bonds. The van der Waals surface area contributed by atoms with Crippen LogP contribution in [0, 0.1) is 0 Å². The van der Waals surface area contributed by atoms with Crippen LogP contribution in [0.25, 0.3) is 0 Å². The van der Waals surface area contributed by atoms with E-state index in [2.05, 4.69) is 36.1 Å². The van der Waals surface area contributed by atoms with E-state index in [1.54, 1.807) is 0 Å². The summed E-state index contributed by atoms with van der Waals surface area (Å²) in [5.74, 6) is -0.194. The number of hydrogen-bond acceptors (Lipinski definition) is 5. The lowest BCUT2D eigenvalue weighted by molar-refractivity contribution is -0.148. The highest BCUT2D eigenvalue weighted by Gasteiger charge is 2.36. The summed E-state index contributed by atoms with van der Waals surface area (Å²) < 4.78 is 4.92. The number of likely N-dealkylation sites (N-methyl/N-ethyl adjacent to an activating group) is 3. The van der Waals surface area contributed by atoms with Crippen molar-refractivity contribution in [1.82, 2.24) is 15.1 Å². The van der Waals surface area contributed by atoms with Crippen molar-refractivity contribution in [3.05, 3.63) is 0 Å². The molecule has 1 saturated heterocycles. The van der Waals surface area contributed by atoms with Gasteiger partial charge in [0.1, 0.15) is 5.54 Å². The molecule has 3 unspecified atom stereocenters. The van der Waals surface area contributed by atoms with E-state index in [4.69, 9.17) is 4.74 Å². The normalized spacial score (nSPS) is 25.2. The molecule has 1 aliphatic rings. The molecule has 0 bridgehead atoms. The third-order valence-electron chi connectivity index (χ3n) is 4.76. The van der Waals surface area contributed by atoms with Gasteiger partial charge < -0.3 is 15.0 Å². The Bertz CT molecular complexity index is 324. The fourth-order valence-corrected chi connectivity index (χ4v) is 3.08. The Kier molecular flexibility index (Phi) is 6.43. The first kappa shape index (κ1) is 17.4. The average Bonchev–Trinajstić information content (AvgIpc) is 2.45. The van der Waals surface area contributed by atoms with E-state index in [1.807, 2.05) is 14.0 Å². The highest BCUT2D eigenvalue weighted by molar-refractivity contribution is 5.80. The minimum absolute atomic E-state index is 0.194. The highest BCUT2D eigenvalue weighted by atomic mass is 16.5. The molecule has 1 aliphatic heterocycles. The number of likely N-dealkylation sites (tertiary alicyclic amines) is 1. The molecule has 20 heavy (non-hydrogen) atoms. The molecule has 0 spiro atoms. The first-order valence-corrected chi connectivity index (χ1v) is 7.52. The highest BCUT2D eigenvalue weighted by Crippen LogP contribution is 2.21. The number of nitrogens with one attached hydrogen (secondary N) is 1. The molecular formula is C15H31N3O2. The van der Waals surface area contributed by atoms with Crippen molar-refractivity contribution in [2.45, 2.75) is 50.7 Å². The van der Waals surface area contributed by atoms with Gasteiger partial charge in [-0.05, 0) is 60.8 Å². The van der Waals surface area contributed by atoms with Gasteiger partial charge in [-0.2, -0.15) is 0 Å². The Morgan fingerprint density at radius 3 is 2.75 bits per heavy atom. The van der Waals surface area contributed by atoms with Crippen LogP contribution in [-0.4, -0.2) is 74.7 Å². The molecule has 0 aromatic heterocycles. The molecule has 118 valence electrons. The van der Waals surface area contributed by atoms with E-state index in [0.29, 0.717) is 12.1 Å². The van der Waals surface area contributed by atoms with E-state index >= 15 is 0 Å². The number of piperidine rings is 1. The predicted octanol–water partition coefficient (Wildman–Crippen LogP) is 0.942. The van der Waals surface area contributed by atoms with Gasteiger partial charge in [-0.1, -0.05) is 0 Å². The molecule has 1 heterocycles. The summed E-state index contributed by atoms with van der Waals surface area (Å²) in [6, 6.07) is 0.894. The Morgan fingerprint density at radius 1 is 1.60 bits per heavy atom. The van der Waals surface area contributed by atoms with Gasteiger partial charge in [0.2, 0.25) is 0 Å². The first-order chi connectivity index (χ1) is 9.34. The number of hydrogen-bond donors (Lipinski definition) is 1. The fourth-order valence-electron chi connectivity index (χ4n) is 3.08. The number of ether oxygens (including phenoxy) is 1. The Balaban J connectivity index is 2.64. The zero-order valence-corrected chi connectivity index (χ0v) is 13.9. The maximum atomic E-state index is 11.9. The smallest absolute Gasteiger partial charge is 0.325 e. The van der Waals surface area contributed by atoms with Crippen molar-refractivity contribution < 1.29 is 9.53 Å². The quantitative estimate of drug-likeness (QED) is 0.736. The summed E-state index contributed by atoms with van der Waals surface area (Å²) in [5.41, 5.74) is -0.622. The summed E-state index contributed by atoms with van der Waals surface area (Å²) in [6.45, 7) is 6.40. The van der Waals surface area contributed by atoms with Gasteiger partial charge in [0.15, 0.2) is 0 Å². The van der Waals surface area contributed by atoms with E-state index in [9.17, 15) is 4.79 Å². The second-order valence-electron chi connectivity index (χ2n) is 6.35. The molecule has 0 radical (unpaired) electrons. The van der Waals surface area contributed by atoms with Crippen molar-refractivity contribution >= 4 is 5.97 Å². The van der Waals surface area contributed by atoms with Crippen molar-refractivity contribution in [3.8, 4) is 0 Å². The lowest BCUT2D eigenvalue weighted by Gasteiger charge is -2.41. The van der Waals surface area contributed by atoms with E-state index < -0.39 is 5.54 Å². The lowest BCUT2D eigenvalue weighted by Crippen LogP contribution is -2.55. The molecule has 0 aromatic rings. The molecule has 3 atom stereocenters. The molecule has 5 heteroatoms. The van der Waals surface area contributed by atoms with Crippen molar-refractivity contribution in [2.75, 3.05) is 41.3 Å². The van der Waals surface area contributed by atoms with Crippen LogP contribution in [0.2, 0.25) is 0 Å². The minimum Gasteiger partial charge on any atom is -0.468 e. The van der Waals surface area contributed by atoms with Gasteiger partial charge in [-0.25, -0.2) is 0 Å². The molecule has 1 fully saturated rings. The third kappa shape index (κ3) is 4.17. The van der Waals surface area contributed by atoms with Crippen LogP contribution < -0.4 is 5.32 Å². The number of methoxy groups -OCH3 is 1. The fraction of sp³-hybridized carbons (Fsp3) is 0.933. The van der Waals surface area contributed by atoms with Crippen LogP contribution in [-0.2, 0) is 9.53 Å². The maximum Gasteiger partial charge on any atom is 0.325 e. The molecule has 0 aliphatic carbocycles. The van der Waals surface area contributed by atoms with Crippen LogP contribution in [0.5, 0.6) is 0 Å². The van der Waals surface area contributed by atoms with Gasteiger partial charge in [-0.15, -0.1) is 0 Å². The number of esters is 1. The average molecular weight is 285 g/mol. The summed E-state index contributed by atoms with van der Waals surface area (Å²) in [5, 5.41) is 3.11. The zero-order valence-electron chi connectivity index (χ0n) is 13.9. The van der Waals surface area contributed by atoms with Crippen LogP contribution >= 0.6 is 0 Å². The third-order valence-corrected chi connectivity index (χ3v) is 4.76. The molecule has 1 rings (SSSR count). The van der Waals surface area contributed by atoms with Gasteiger partial charge in [0.05, 0.1) is 7.11 Å².